The number of aliphatic hydroxyl groups is 1. The van der Waals surface area contributed by atoms with Gasteiger partial charge >= 0.3 is 0 Å². The summed E-state index contributed by atoms with van der Waals surface area (Å²) in [6.07, 6.45) is -1.75. The van der Waals surface area contributed by atoms with Gasteiger partial charge < -0.3 is 5.11 Å². The third kappa shape index (κ3) is 2.20. The van der Waals surface area contributed by atoms with E-state index in [4.69, 9.17) is 5.11 Å². The van der Waals surface area contributed by atoms with Crippen LogP contribution in [-0.2, 0) is 9.68 Å². The highest BCUT2D eigenvalue weighted by molar-refractivity contribution is 4.47. The van der Waals surface area contributed by atoms with Gasteiger partial charge in [-0.15, -0.1) is 0 Å². The Morgan fingerprint density at radius 2 is 1.75 bits per heavy atom. The second-order valence-corrected chi connectivity index (χ2v) is 1.38. The fraction of sp³-hybridized carbons (Fsp3) is 1.00. The molecule has 8 heavy (non-hydrogen) atoms. The Morgan fingerprint density at radius 1 is 1.38 bits per heavy atom. The monoisotopic (exact) mass is 122 g/mol. The lowest BCUT2D eigenvalue weighted by Gasteiger charge is -2.12. The second-order valence-electron chi connectivity index (χ2n) is 1.38. The van der Waals surface area contributed by atoms with Crippen LogP contribution in [0.3, 0.4) is 0 Å². The Balaban J connectivity index is 3.35. The molecule has 1 atom stereocenters. The van der Waals surface area contributed by atoms with Crippen LogP contribution in [0.1, 0.15) is 6.92 Å². The van der Waals surface area contributed by atoms with Crippen molar-refractivity contribution < 1.29 is 14.8 Å². The highest BCUT2D eigenvalue weighted by Gasteiger charge is 2.12. The molecule has 0 aromatic carbocycles. The van der Waals surface area contributed by atoms with Crippen molar-refractivity contribution in [2.45, 2.75) is 19.3 Å². The molecule has 0 bridgehead atoms. The number of nitrogens with two attached hydrogens (primary N) is 2. The van der Waals surface area contributed by atoms with E-state index in [0.29, 0.717) is 0 Å². The number of hydrogen-bond donors (Lipinski definition) is 3. The third-order valence-corrected chi connectivity index (χ3v) is 0.662. The molecule has 0 saturated carbocycles. The van der Waals surface area contributed by atoms with Crippen LogP contribution < -0.4 is 11.8 Å². The van der Waals surface area contributed by atoms with Crippen molar-refractivity contribution in [2.75, 3.05) is 0 Å². The molecular weight excluding hydrogens is 112 g/mol. The van der Waals surface area contributed by atoms with Gasteiger partial charge in [0.15, 0.2) is 0 Å². The molecule has 0 spiro atoms. The first-order chi connectivity index (χ1) is 3.72. The Bertz CT molecular complexity index is 54.5. The van der Waals surface area contributed by atoms with Crippen molar-refractivity contribution in [1.82, 2.24) is 0 Å². The Kier molecular flexibility index (Phi) is 3.67. The molecule has 5 nitrogen and oxygen atoms in total. The van der Waals surface area contributed by atoms with Gasteiger partial charge in [-0.05, 0) is 6.92 Å². The van der Waals surface area contributed by atoms with Crippen LogP contribution in [0.2, 0.25) is 0 Å². The van der Waals surface area contributed by atoms with Crippen LogP contribution in [-0.4, -0.2) is 17.5 Å². The van der Waals surface area contributed by atoms with Gasteiger partial charge in [0.1, 0.15) is 6.10 Å². The van der Waals surface area contributed by atoms with Crippen molar-refractivity contribution in [3.8, 4) is 0 Å². The molecule has 0 aromatic rings. The zero-order valence-corrected chi connectivity index (χ0v) is 4.57. The van der Waals surface area contributed by atoms with Gasteiger partial charge in [0, 0.05) is 0 Å². The van der Waals surface area contributed by atoms with E-state index in [-0.39, 0.29) is 0 Å². The van der Waals surface area contributed by atoms with E-state index >= 15 is 0 Å². The molecule has 0 radical (unpaired) electrons. The molecule has 0 saturated heterocycles. The molecule has 0 heterocycles. The standard InChI is InChI=1S/C3H10N2O3/c1-2(6)3(7-4)8-5/h2-3,6H,4-5H2,1H3. The lowest BCUT2D eigenvalue weighted by Crippen LogP contribution is -2.34. The molecule has 0 aliphatic heterocycles. The van der Waals surface area contributed by atoms with Gasteiger partial charge in [-0.1, -0.05) is 0 Å². The molecule has 5 N–H and O–H groups in total. The number of aliphatic hydroxyl groups excluding tert-OH is 1. The van der Waals surface area contributed by atoms with E-state index < -0.39 is 12.4 Å². The molecule has 50 valence electrons. The highest BCUT2D eigenvalue weighted by atomic mass is 16.8. The molecule has 5 heteroatoms. The largest absolute Gasteiger partial charge is 0.388 e. The van der Waals surface area contributed by atoms with Gasteiger partial charge in [-0.3, -0.25) is 9.68 Å². The Labute approximate surface area is 47.1 Å². The van der Waals surface area contributed by atoms with Gasteiger partial charge in [0.25, 0.3) is 0 Å². The second kappa shape index (κ2) is 3.76. The first-order valence-electron chi connectivity index (χ1n) is 2.11. The minimum atomic E-state index is -0.935. The van der Waals surface area contributed by atoms with E-state index in [1.54, 1.807) is 0 Å². The maximum atomic E-state index is 8.60. The van der Waals surface area contributed by atoms with E-state index in [9.17, 15) is 0 Å². The minimum Gasteiger partial charge on any atom is -0.388 e. The summed E-state index contributed by atoms with van der Waals surface area (Å²) in [6.45, 7) is 1.45. The zero-order valence-electron chi connectivity index (χ0n) is 4.57. The quantitative estimate of drug-likeness (QED) is 0.312. The van der Waals surface area contributed by atoms with Gasteiger partial charge in [-0.25, -0.2) is 11.8 Å². The molecular formula is C3H10N2O3. The number of hydrogen-bond acceptors (Lipinski definition) is 5. The maximum Gasteiger partial charge on any atom is 0.221 e. The van der Waals surface area contributed by atoms with Gasteiger partial charge in [0.2, 0.25) is 6.29 Å². The van der Waals surface area contributed by atoms with Gasteiger partial charge in [-0.2, -0.15) is 0 Å². The van der Waals surface area contributed by atoms with Crippen molar-refractivity contribution in [3.63, 3.8) is 0 Å². The molecule has 0 aliphatic rings. The van der Waals surface area contributed by atoms with E-state index in [2.05, 4.69) is 21.5 Å². The Morgan fingerprint density at radius 3 is 1.75 bits per heavy atom. The summed E-state index contributed by atoms with van der Waals surface area (Å²) in [5.41, 5.74) is 0. The predicted molar refractivity (Wildman–Crippen MR) is 26.0 cm³/mol. The van der Waals surface area contributed by atoms with Crippen molar-refractivity contribution >= 4 is 0 Å². The SMILES string of the molecule is CC(O)C(ON)ON. The average molecular weight is 122 g/mol. The summed E-state index contributed by atoms with van der Waals surface area (Å²) in [7, 11) is 0. The highest BCUT2D eigenvalue weighted by Crippen LogP contribution is 1.92. The van der Waals surface area contributed by atoms with Crippen molar-refractivity contribution in [2.24, 2.45) is 11.8 Å². The van der Waals surface area contributed by atoms with Gasteiger partial charge in [0.05, 0.1) is 0 Å². The van der Waals surface area contributed by atoms with E-state index in [1.807, 2.05) is 0 Å². The van der Waals surface area contributed by atoms with Crippen LogP contribution in [0, 0.1) is 0 Å². The topological polar surface area (TPSA) is 90.7 Å². The Hall–Kier alpha value is -0.200. The molecule has 0 rings (SSSR count). The summed E-state index contributed by atoms with van der Waals surface area (Å²) in [4.78, 5) is 8.13. The molecule has 0 aromatic heterocycles. The van der Waals surface area contributed by atoms with Crippen molar-refractivity contribution in [1.29, 1.82) is 0 Å². The van der Waals surface area contributed by atoms with Crippen LogP contribution in [0.15, 0.2) is 0 Å². The van der Waals surface area contributed by atoms with E-state index in [1.165, 1.54) is 6.92 Å². The summed E-state index contributed by atoms with van der Waals surface area (Å²) < 4.78 is 0. The fourth-order valence-corrected chi connectivity index (χ4v) is 0.259. The summed E-state index contributed by atoms with van der Waals surface area (Å²) >= 11 is 0. The molecule has 0 aliphatic carbocycles. The normalized spacial score (nSPS) is 14.6. The van der Waals surface area contributed by atoms with Crippen LogP contribution in [0.25, 0.3) is 0 Å². The third-order valence-electron chi connectivity index (χ3n) is 0.662. The average Bonchev–Trinajstić information content (AvgIpc) is 1.69. The lowest BCUT2D eigenvalue weighted by molar-refractivity contribution is -0.194. The minimum absolute atomic E-state index is 0.815. The molecule has 1 unspecified atom stereocenters. The van der Waals surface area contributed by atoms with E-state index in [0.717, 1.165) is 0 Å². The first-order valence-corrected chi connectivity index (χ1v) is 2.11. The smallest absolute Gasteiger partial charge is 0.221 e. The maximum absolute atomic E-state index is 8.60. The van der Waals surface area contributed by atoms with Crippen LogP contribution in [0.5, 0.6) is 0 Å². The number of rotatable bonds is 3. The summed E-state index contributed by atoms with van der Waals surface area (Å²) in [5.74, 6) is 9.24. The molecule has 0 amide bonds. The van der Waals surface area contributed by atoms with Crippen LogP contribution >= 0.6 is 0 Å². The predicted octanol–water partition coefficient (Wildman–Crippen LogP) is -1.53. The summed E-state index contributed by atoms with van der Waals surface area (Å²) in [5, 5.41) is 8.60. The summed E-state index contributed by atoms with van der Waals surface area (Å²) in [6, 6.07) is 0. The van der Waals surface area contributed by atoms with Crippen molar-refractivity contribution in [3.05, 3.63) is 0 Å². The zero-order chi connectivity index (χ0) is 6.57. The molecule has 0 fully saturated rings. The van der Waals surface area contributed by atoms with Crippen LogP contribution in [0.4, 0.5) is 0 Å². The fourth-order valence-electron chi connectivity index (χ4n) is 0.259. The lowest BCUT2D eigenvalue weighted by atomic mass is 10.4. The first kappa shape index (κ1) is 7.80.